The summed E-state index contributed by atoms with van der Waals surface area (Å²) in [6.07, 6.45) is 26.0. The van der Waals surface area contributed by atoms with E-state index in [0.717, 1.165) is 60.6 Å². The van der Waals surface area contributed by atoms with E-state index in [1.807, 2.05) is 6.08 Å². The minimum atomic E-state index is -0.667. The van der Waals surface area contributed by atoms with E-state index in [1.54, 1.807) is 0 Å². The van der Waals surface area contributed by atoms with Crippen LogP contribution in [0, 0.1) is 6.92 Å². The standard InChI is InChI=1S/C69H61N3/c1-5-23-51(52-25-12-6-13-26-52)43-45-72(66-42-35-50(4)70-66)59-40-41-61-63(47-59)69(56-30-16-8-17-31-56,57-32-18-9-19-33-57)64-48-65(68-60-34-21-20-29-55(60)46-62(68)67(61)64)71(44-22-10-11-24-49(2)3)58-38-36-54(37-39-58)53-27-14-7-15-28-53/h5-6,8-14,16-21,23-43,45,47-48,70H,1,7,15,22,44,46H2,2-4H3/b11-10-,45-43-,51-23+. The molecule has 0 saturated carbocycles. The highest BCUT2D eigenvalue weighted by Gasteiger charge is 2.49. The lowest BCUT2D eigenvalue weighted by molar-refractivity contribution is 0.767. The Bertz CT molecular complexity index is 3420. The number of hydrogen-bond donors (Lipinski definition) is 1. The fourth-order valence-electron chi connectivity index (χ4n) is 11.4. The van der Waals surface area contributed by atoms with Gasteiger partial charge in [-0.3, -0.25) is 0 Å². The van der Waals surface area contributed by atoms with Crippen LogP contribution in [0.3, 0.4) is 0 Å². The van der Waals surface area contributed by atoms with Crippen molar-refractivity contribution in [3.63, 3.8) is 0 Å². The van der Waals surface area contributed by atoms with E-state index >= 15 is 0 Å². The van der Waals surface area contributed by atoms with Gasteiger partial charge in [-0.25, -0.2) is 0 Å². The maximum Gasteiger partial charge on any atom is 0.114 e. The first kappa shape index (κ1) is 46.0. The molecule has 7 aromatic carbocycles. The minimum absolute atomic E-state index is 0.667. The zero-order valence-electron chi connectivity index (χ0n) is 41.7. The van der Waals surface area contributed by atoms with E-state index in [-0.39, 0.29) is 0 Å². The normalized spacial score (nSPS) is 14.2. The number of nitrogens with zero attached hydrogens (tertiary/aromatic N) is 2. The van der Waals surface area contributed by atoms with Gasteiger partial charge in [-0.2, -0.15) is 0 Å². The number of aromatic nitrogens is 1. The molecule has 3 nitrogen and oxygen atoms in total. The number of benzene rings is 7. The lowest BCUT2D eigenvalue weighted by Crippen LogP contribution is -2.29. The Morgan fingerprint density at radius 3 is 2.07 bits per heavy atom. The number of allylic oxidation sites excluding steroid dienone is 11. The molecule has 3 aliphatic rings. The number of fused-ring (bicyclic) bond motifs is 7. The molecular weight excluding hydrogens is 871 g/mol. The van der Waals surface area contributed by atoms with Crippen LogP contribution in [0.15, 0.2) is 249 Å². The maximum absolute atomic E-state index is 4.08. The first-order valence-corrected chi connectivity index (χ1v) is 25.5. The summed E-state index contributed by atoms with van der Waals surface area (Å²) >= 11 is 0. The summed E-state index contributed by atoms with van der Waals surface area (Å²) in [6, 6.07) is 65.6. The molecule has 8 aromatic rings. The molecule has 3 aliphatic carbocycles. The molecule has 3 heteroatoms. The minimum Gasteiger partial charge on any atom is -0.345 e. The molecule has 0 aliphatic heterocycles. The Kier molecular flexibility index (Phi) is 12.9. The van der Waals surface area contributed by atoms with E-state index in [4.69, 9.17) is 0 Å². The molecule has 0 atom stereocenters. The van der Waals surface area contributed by atoms with Crippen molar-refractivity contribution in [2.45, 2.75) is 51.9 Å². The molecule has 352 valence electrons. The summed E-state index contributed by atoms with van der Waals surface area (Å²) < 4.78 is 0. The van der Waals surface area contributed by atoms with Crippen LogP contribution in [0.25, 0.3) is 33.4 Å². The number of nitrogens with one attached hydrogen (secondary N) is 1. The first-order chi connectivity index (χ1) is 35.4. The number of aryl methyl sites for hydroxylation is 1. The first-order valence-electron chi connectivity index (χ1n) is 25.5. The summed E-state index contributed by atoms with van der Waals surface area (Å²) in [5, 5.41) is 0. The zero-order chi connectivity index (χ0) is 49.0. The average molecular weight is 932 g/mol. The van der Waals surface area contributed by atoms with Crippen LogP contribution in [-0.2, 0) is 11.8 Å². The van der Waals surface area contributed by atoms with Crippen molar-refractivity contribution in [2.24, 2.45) is 0 Å². The Morgan fingerprint density at radius 2 is 1.39 bits per heavy atom. The second-order valence-corrected chi connectivity index (χ2v) is 19.5. The third kappa shape index (κ3) is 8.56. The van der Waals surface area contributed by atoms with Crippen molar-refractivity contribution in [1.29, 1.82) is 0 Å². The molecule has 1 N–H and O–H groups in total. The highest BCUT2D eigenvalue weighted by molar-refractivity contribution is 6.01. The summed E-state index contributed by atoms with van der Waals surface area (Å²) in [7, 11) is 0. The largest absolute Gasteiger partial charge is 0.345 e. The van der Waals surface area contributed by atoms with Crippen LogP contribution in [0.4, 0.5) is 22.9 Å². The average Bonchev–Trinajstić information content (AvgIpc) is 4.12. The Morgan fingerprint density at radius 1 is 0.681 bits per heavy atom. The van der Waals surface area contributed by atoms with Crippen molar-refractivity contribution in [3.05, 3.63) is 299 Å². The lowest BCUT2D eigenvalue weighted by atomic mass is 9.67. The molecule has 1 aromatic heterocycles. The van der Waals surface area contributed by atoms with Gasteiger partial charge in [0.15, 0.2) is 0 Å². The third-order valence-corrected chi connectivity index (χ3v) is 14.6. The van der Waals surface area contributed by atoms with Crippen molar-refractivity contribution < 1.29 is 0 Å². The Hall–Kier alpha value is -8.40. The van der Waals surface area contributed by atoms with Crippen LogP contribution in [0.2, 0.25) is 0 Å². The predicted octanol–water partition coefficient (Wildman–Crippen LogP) is 18.0. The fourth-order valence-corrected chi connectivity index (χ4v) is 11.4. The number of aromatic amines is 1. The monoisotopic (exact) mass is 931 g/mol. The van der Waals surface area contributed by atoms with E-state index in [2.05, 4.69) is 273 Å². The number of rotatable bonds is 15. The summed E-state index contributed by atoms with van der Waals surface area (Å²) in [4.78, 5) is 8.60. The van der Waals surface area contributed by atoms with Gasteiger partial charge < -0.3 is 14.8 Å². The van der Waals surface area contributed by atoms with Gasteiger partial charge in [0, 0.05) is 41.1 Å². The molecule has 0 radical (unpaired) electrons. The fraction of sp³-hybridized carbons (Fsp3) is 0.130. The van der Waals surface area contributed by atoms with E-state index in [0.29, 0.717) is 0 Å². The Labute approximate surface area is 426 Å². The van der Waals surface area contributed by atoms with Crippen molar-refractivity contribution in [3.8, 4) is 22.3 Å². The highest BCUT2D eigenvalue weighted by atomic mass is 15.2. The summed E-state index contributed by atoms with van der Waals surface area (Å²) in [6.45, 7) is 11.3. The van der Waals surface area contributed by atoms with Gasteiger partial charge in [0.25, 0.3) is 0 Å². The van der Waals surface area contributed by atoms with Crippen molar-refractivity contribution in [1.82, 2.24) is 4.98 Å². The summed E-state index contributed by atoms with van der Waals surface area (Å²) in [5.74, 6) is 0.991. The Balaban J connectivity index is 1.17. The quantitative estimate of drug-likeness (QED) is 0.104. The number of anilines is 4. The molecular formula is C69H61N3. The van der Waals surface area contributed by atoms with Gasteiger partial charge in [-0.1, -0.05) is 194 Å². The van der Waals surface area contributed by atoms with Crippen LogP contribution in [0.1, 0.15) is 83.3 Å². The van der Waals surface area contributed by atoms with Crippen molar-refractivity contribution >= 4 is 34.0 Å². The topological polar surface area (TPSA) is 22.3 Å². The van der Waals surface area contributed by atoms with Gasteiger partial charge in [-0.15, -0.1) is 0 Å². The molecule has 0 saturated heterocycles. The van der Waals surface area contributed by atoms with Crippen LogP contribution >= 0.6 is 0 Å². The lowest BCUT2D eigenvalue weighted by Gasteiger charge is -2.36. The van der Waals surface area contributed by atoms with Gasteiger partial charge in [-0.05, 0) is 167 Å². The molecule has 0 bridgehead atoms. The number of H-pyrrole nitrogens is 1. The van der Waals surface area contributed by atoms with E-state index < -0.39 is 5.41 Å². The molecule has 0 unspecified atom stereocenters. The van der Waals surface area contributed by atoms with Crippen molar-refractivity contribution in [2.75, 3.05) is 16.3 Å². The van der Waals surface area contributed by atoms with Crippen LogP contribution < -0.4 is 9.80 Å². The molecule has 0 amide bonds. The van der Waals surface area contributed by atoms with Gasteiger partial charge in [0.05, 0.1) is 5.41 Å². The predicted molar refractivity (Wildman–Crippen MR) is 306 cm³/mol. The maximum atomic E-state index is 4.08. The molecule has 72 heavy (non-hydrogen) atoms. The molecule has 1 heterocycles. The molecule has 0 spiro atoms. The zero-order valence-corrected chi connectivity index (χ0v) is 41.7. The van der Waals surface area contributed by atoms with Gasteiger partial charge in [0.1, 0.15) is 5.82 Å². The smallest absolute Gasteiger partial charge is 0.114 e. The molecule has 11 rings (SSSR count). The van der Waals surface area contributed by atoms with Gasteiger partial charge in [0.2, 0.25) is 0 Å². The third-order valence-electron chi connectivity index (χ3n) is 14.6. The highest BCUT2D eigenvalue weighted by Crippen LogP contribution is 2.62. The molecule has 0 fully saturated rings. The van der Waals surface area contributed by atoms with E-state index in [1.165, 1.54) is 83.7 Å². The van der Waals surface area contributed by atoms with Gasteiger partial charge >= 0.3 is 0 Å². The number of hydrogen-bond acceptors (Lipinski definition) is 2. The summed E-state index contributed by atoms with van der Waals surface area (Å²) in [5.41, 5.74) is 23.1. The van der Waals surface area contributed by atoms with E-state index in [9.17, 15) is 0 Å². The van der Waals surface area contributed by atoms with Crippen LogP contribution in [0.5, 0.6) is 0 Å². The SMILES string of the molecule is C=C/C=C(\C=C/N(c1ccc2c(c1)C(c1ccccc1)(c1ccccc1)c1cc(N(CC/C=C\C=C(C)C)c3ccc(C4=CCCC=C4)cc3)c3c(c1-2)Cc1ccccc1-3)c1ccc(C)[nH]1)c1ccccc1. The second kappa shape index (κ2) is 20.1. The second-order valence-electron chi connectivity index (χ2n) is 19.5. The van der Waals surface area contributed by atoms with Crippen LogP contribution in [-0.4, -0.2) is 11.5 Å².